The molecular formula is C13H24FNO. The van der Waals surface area contributed by atoms with Gasteiger partial charge in [-0.1, -0.05) is 0 Å². The highest BCUT2D eigenvalue weighted by Crippen LogP contribution is 2.24. The van der Waals surface area contributed by atoms with E-state index >= 15 is 0 Å². The lowest BCUT2D eigenvalue weighted by molar-refractivity contribution is 0.0964. The van der Waals surface area contributed by atoms with Gasteiger partial charge in [-0.2, -0.15) is 0 Å². The highest BCUT2D eigenvalue weighted by molar-refractivity contribution is 4.76. The van der Waals surface area contributed by atoms with Gasteiger partial charge in [-0.3, -0.25) is 0 Å². The fourth-order valence-corrected chi connectivity index (χ4v) is 2.84. The minimum atomic E-state index is -0.603. The molecule has 0 aromatic heterocycles. The average Bonchev–Trinajstić information content (AvgIpc) is 2.83. The molecule has 0 aromatic carbocycles. The Hall–Kier alpha value is -0.150. The third-order valence-corrected chi connectivity index (χ3v) is 3.88. The van der Waals surface area contributed by atoms with Crippen LogP contribution in [0.4, 0.5) is 4.39 Å². The van der Waals surface area contributed by atoms with Gasteiger partial charge in [0.2, 0.25) is 0 Å². The van der Waals surface area contributed by atoms with E-state index in [2.05, 4.69) is 5.32 Å². The third-order valence-electron chi connectivity index (χ3n) is 3.88. The fraction of sp³-hybridized carbons (Fsp3) is 1.00. The lowest BCUT2D eigenvalue weighted by Crippen LogP contribution is -2.35. The van der Waals surface area contributed by atoms with E-state index < -0.39 is 6.17 Å². The molecule has 0 aliphatic carbocycles. The molecular weight excluding hydrogens is 205 g/mol. The molecule has 0 saturated carbocycles. The molecule has 0 bridgehead atoms. The van der Waals surface area contributed by atoms with Gasteiger partial charge < -0.3 is 10.1 Å². The lowest BCUT2D eigenvalue weighted by atomic mass is 9.91. The number of hydrogen-bond acceptors (Lipinski definition) is 2. The van der Waals surface area contributed by atoms with Gasteiger partial charge in [0.05, 0.1) is 6.10 Å². The first-order valence-electron chi connectivity index (χ1n) is 6.82. The zero-order valence-electron chi connectivity index (χ0n) is 10.1. The maximum atomic E-state index is 13.9. The second-order valence-corrected chi connectivity index (χ2v) is 5.19. The number of rotatable bonds is 5. The smallest absolute Gasteiger partial charge is 0.104 e. The molecule has 1 N–H and O–H groups in total. The second-order valence-electron chi connectivity index (χ2n) is 5.19. The first kappa shape index (κ1) is 12.3. The van der Waals surface area contributed by atoms with E-state index in [1.165, 1.54) is 12.8 Å². The Balaban J connectivity index is 1.57. The van der Waals surface area contributed by atoms with Gasteiger partial charge in [0.25, 0.3) is 0 Å². The van der Waals surface area contributed by atoms with Crippen molar-refractivity contribution in [2.45, 2.75) is 57.2 Å². The van der Waals surface area contributed by atoms with Crippen LogP contribution >= 0.6 is 0 Å². The van der Waals surface area contributed by atoms with Crippen molar-refractivity contribution in [2.24, 2.45) is 5.92 Å². The molecule has 2 heterocycles. The Labute approximate surface area is 97.9 Å². The van der Waals surface area contributed by atoms with E-state index in [1.54, 1.807) is 0 Å². The van der Waals surface area contributed by atoms with Crippen molar-refractivity contribution < 1.29 is 9.13 Å². The SMILES string of the molecule is FC(CCCC1CCCO1)C1CCCNC1. The normalized spacial score (nSPS) is 32.8. The van der Waals surface area contributed by atoms with Crippen LogP contribution in [-0.4, -0.2) is 32.0 Å². The summed E-state index contributed by atoms with van der Waals surface area (Å²) in [7, 11) is 0. The van der Waals surface area contributed by atoms with Crippen molar-refractivity contribution in [1.82, 2.24) is 5.32 Å². The summed E-state index contributed by atoms with van der Waals surface area (Å²) in [4.78, 5) is 0. The maximum absolute atomic E-state index is 13.9. The molecule has 3 unspecified atom stereocenters. The summed E-state index contributed by atoms with van der Waals surface area (Å²) in [5, 5.41) is 3.28. The van der Waals surface area contributed by atoms with Crippen LogP contribution in [0.25, 0.3) is 0 Å². The zero-order chi connectivity index (χ0) is 11.2. The maximum Gasteiger partial charge on any atom is 0.104 e. The van der Waals surface area contributed by atoms with E-state index in [1.807, 2.05) is 0 Å². The van der Waals surface area contributed by atoms with E-state index in [9.17, 15) is 4.39 Å². The lowest BCUT2D eigenvalue weighted by Gasteiger charge is -2.26. The van der Waals surface area contributed by atoms with E-state index in [-0.39, 0.29) is 5.92 Å². The quantitative estimate of drug-likeness (QED) is 0.782. The van der Waals surface area contributed by atoms with Gasteiger partial charge in [-0.15, -0.1) is 0 Å². The number of hydrogen-bond donors (Lipinski definition) is 1. The van der Waals surface area contributed by atoms with Gasteiger partial charge in [-0.25, -0.2) is 4.39 Å². The summed E-state index contributed by atoms with van der Waals surface area (Å²) < 4.78 is 19.4. The molecule has 0 amide bonds. The van der Waals surface area contributed by atoms with Crippen molar-refractivity contribution in [1.29, 1.82) is 0 Å². The van der Waals surface area contributed by atoms with Crippen LogP contribution in [0.15, 0.2) is 0 Å². The summed E-state index contributed by atoms with van der Waals surface area (Å²) in [5.41, 5.74) is 0. The predicted octanol–water partition coefficient (Wildman–Crippen LogP) is 2.67. The molecule has 2 saturated heterocycles. The predicted molar refractivity (Wildman–Crippen MR) is 63.3 cm³/mol. The van der Waals surface area contributed by atoms with Crippen LogP contribution in [0, 0.1) is 5.92 Å². The summed E-state index contributed by atoms with van der Waals surface area (Å²) in [6.45, 7) is 2.86. The Bertz CT molecular complexity index is 188. The largest absolute Gasteiger partial charge is 0.378 e. The summed E-state index contributed by atoms with van der Waals surface area (Å²) in [5.74, 6) is 0.262. The monoisotopic (exact) mass is 229 g/mol. The summed E-state index contributed by atoms with van der Waals surface area (Å²) in [6, 6.07) is 0. The van der Waals surface area contributed by atoms with Gasteiger partial charge >= 0.3 is 0 Å². The van der Waals surface area contributed by atoms with Gasteiger partial charge in [0.1, 0.15) is 6.17 Å². The Morgan fingerprint density at radius 3 is 2.94 bits per heavy atom. The number of alkyl halides is 1. The van der Waals surface area contributed by atoms with Crippen LogP contribution in [-0.2, 0) is 4.74 Å². The average molecular weight is 229 g/mol. The van der Waals surface area contributed by atoms with Crippen molar-refractivity contribution >= 4 is 0 Å². The molecule has 2 nitrogen and oxygen atoms in total. The minimum Gasteiger partial charge on any atom is -0.378 e. The van der Waals surface area contributed by atoms with Crippen LogP contribution in [0.3, 0.4) is 0 Å². The zero-order valence-corrected chi connectivity index (χ0v) is 10.1. The van der Waals surface area contributed by atoms with Gasteiger partial charge in [0.15, 0.2) is 0 Å². The summed E-state index contributed by atoms with van der Waals surface area (Å²) >= 11 is 0. The van der Waals surface area contributed by atoms with Gasteiger partial charge in [-0.05, 0) is 51.5 Å². The number of piperidine rings is 1. The molecule has 3 atom stereocenters. The molecule has 0 spiro atoms. The highest BCUT2D eigenvalue weighted by Gasteiger charge is 2.23. The molecule has 2 aliphatic rings. The Morgan fingerprint density at radius 2 is 2.25 bits per heavy atom. The minimum absolute atomic E-state index is 0.262. The van der Waals surface area contributed by atoms with Crippen molar-refractivity contribution in [3.8, 4) is 0 Å². The molecule has 0 aromatic rings. The number of ether oxygens (including phenoxy) is 1. The van der Waals surface area contributed by atoms with Crippen LogP contribution < -0.4 is 5.32 Å². The van der Waals surface area contributed by atoms with E-state index in [0.717, 1.165) is 51.8 Å². The van der Waals surface area contributed by atoms with Crippen molar-refractivity contribution in [2.75, 3.05) is 19.7 Å². The second kappa shape index (κ2) is 6.55. The highest BCUT2D eigenvalue weighted by atomic mass is 19.1. The summed E-state index contributed by atoms with van der Waals surface area (Å²) in [6.07, 6.45) is 7.17. The molecule has 2 rings (SSSR count). The van der Waals surface area contributed by atoms with E-state index in [0.29, 0.717) is 6.10 Å². The molecule has 16 heavy (non-hydrogen) atoms. The van der Waals surface area contributed by atoms with Crippen LogP contribution in [0.2, 0.25) is 0 Å². The van der Waals surface area contributed by atoms with Gasteiger partial charge in [0, 0.05) is 19.1 Å². The number of nitrogens with one attached hydrogen (secondary N) is 1. The molecule has 94 valence electrons. The fourth-order valence-electron chi connectivity index (χ4n) is 2.84. The Kier molecular flexibility index (Phi) is 5.04. The third kappa shape index (κ3) is 3.70. The molecule has 0 radical (unpaired) electrons. The van der Waals surface area contributed by atoms with E-state index in [4.69, 9.17) is 4.74 Å². The van der Waals surface area contributed by atoms with Crippen molar-refractivity contribution in [3.05, 3.63) is 0 Å². The standard InChI is InChI=1S/C13H24FNO/c14-13(11-4-2-8-15-10-11)7-1-5-12-6-3-9-16-12/h11-13,15H,1-10H2. The molecule has 2 aliphatic heterocycles. The topological polar surface area (TPSA) is 21.3 Å². The first-order valence-corrected chi connectivity index (χ1v) is 6.82. The van der Waals surface area contributed by atoms with Crippen LogP contribution in [0.1, 0.15) is 44.9 Å². The molecule has 3 heteroatoms. The first-order chi connectivity index (χ1) is 7.86. The number of halogens is 1. The van der Waals surface area contributed by atoms with Crippen LogP contribution in [0.5, 0.6) is 0 Å². The van der Waals surface area contributed by atoms with Crippen molar-refractivity contribution in [3.63, 3.8) is 0 Å². The Morgan fingerprint density at radius 1 is 1.31 bits per heavy atom. The molecule has 2 fully saturated rings.